The van der Waals surface area contributed by atoms with E-state index in [0.29, 0.717) is 32.1 Å². The Kier molecular flexibility index (Phi) is 7.98. The van der Waals surface area contributed by atoms with Crippen molar-refractivity contribution in [1.82, 2.24) is 19.8 Å². The number of nitrogens with zero attached hydrogens (tertiary/aromatic N) is 4. The van der Waals surface area contributed by atoms with Crippen LogP contribution in [0.4, 0.5) is 4.79 Å². The lowest BCUT2D eigenvalue weighted by molar-refractivity contribution is -0.144. The van der Waals surface area contributed by atoms with Gasteiger partial charge in [0.25, 0.3) is 0 Å². The average molecular weight is 467 g/mol. The van der Waals surface area contributed by atoms with E-state index < -0.39 is 6.04 Å². The van der Waals surface area contributed by atoms with E-state index in [9.17, 15) is 9.59 Å². The number of hydrogen-bond donors (Lipinski definition) is 0. The van der Waals surface area contributed by atoms with Gasteiger partial charge >= 0.3 is 12.0 Å². The molecule has 1 aliphatic heterocycles. The molecular weight excluding hydrogens is 432 g/mol. The normalized spacial score (nSPS) is 16.4. The average Bonchev–Trinajstić information content (AvgIpc) is 3.22. The van der Waals surface area contributed by atoms with Gasteiger partial charge in [-0.15, -0.1) is 0 Å². The highest BCUT2D eigenvalue weighted by atomic mass is 16.5. The summed E-state index contributed by atoms with van der Waals surface area (Å²) in [5.74, 6) is 0.164. The summed E-state index contributed by atoms with van der Waals surface area (Å²) in [6, 6.07) is 7.49. The molecule has 4 rings (SSSR count). The Hall–Kier alpha value is -3.16. The number of carbonyl (C=O) groups is 2. The number of methoxy groups -OCH3 is 1. The predicted molar refractivity (Wildman–Crippen MR) is 128 cm³/mol. The van der Waals surface area contributed by atoms with Crippen LogP contribution >= 0.6 is 0 Å². The third-order valence-corrected chi connectivity index (χ3v) is 6.62. The Morgan fingerprint density at radius 3 is 2.76 bits per heavy atom. The summed E-state index contributed by atoms with van der Waals surface area (Å²) in [7, 11) is 1.56. The minimum absolute atomic E-state index is 0.0523. The highest BCUT2D eigenvalue weighted by Crippen LogP contribution is 2.29. The molecule has 8 nitrogen and oxygen atoms in total. The van der Waals surface area contributed by atoms with Gasteiger partial charge in [0.15, 0.2) is 0 Å². The van der Waals surface area contributed by atoms with E-state index in [1.54, 1.807) is 31.2 Å². The first kappa shape index (κ1) is 24.0. The van der Waals surface area contributed by atoms with Gasteiger partial charge in [-0.1, -0.05) is 12.1 Å². The number of aryl methyl sites for hydroxylation is 3. The number of carbonyl (C=O) groups excluding carboxylic acids is 2. The molecule has 0 N–H and O–H groups in total. The van der Waals surface area contributed by atoms with Gasteiger partial charge in [0.05, 0.1) is 26.2 Å². The van der Waals surface area contributed by atoms with Crippen LogP contribution in [0.25, 0.3) is 0 Å². The minimum atomic E-state index is -0.419. The number of rotatable bonds is 10. The Labute approximate surface area is 201 Å². The van der Waals surface area contributed by atoms with Crippen LogP contribution in [0.1, 0.15) is 61.2 Å². The zero-order valence-electron chi connectivity index (χ0n) is 20.2. The number of aromatic nitrogens is 2. The van der Waals surface area contributed by atoms with Crippen LogP contribution in [0.15, 0.2) is 30.5 Å². The van der Waals surface area contributed by atoms with Gasteiger partial charge < -0.3 is 19.3 Å². The van der Waals surface area contributed by atoms with Crippen LogP contribution in [0.2, 0.25) is 0 Å². The number of hydrogen-bond acceptors (Lipinski definition) is 6. The first-order valence-corrected chi connectivity index (χ1v) is 12.3. The number of esters is 1. The molecule has 34 heavy (non-hydrogen) atoms. The standard InChI is InChI=1S/C26H34N4O4/c1-3-34-25(31)17-23(20-11-13-24(33-2)27-18-20)30-16-15-29(26(30)32)14-6-8-21-12-10-19-7-4-5-9-22(19)28-21/h10-13,18,23H,3-9,14-17H2,1-2H3/t23-/m0/s1. The van der Waals surface area contributed by atoms with Crippen LogP contribution in [-0.2, 0) is 28.8 Å². The van der Waals surface area contributed by atoms with E-state index in [2.05, 4.69) is 17.1 Å². The number of fused-ring (bicyclic) bond motifs is 1. The monoisotopic (exact) mass is 466 g/mol. The molecule has 0 saturated carbocycles. The molecule has 3 heterocycles. The minimum Gasteiger partial charge on any atom is -0.481 e. The van der Waals surface area contributed by atoms with E-state index >= 15 is 0 Å². The van der Waals surface area contributed by atoms with Crippen molar-refractivity contribution in [3.63, 3.8) is 0 Å². The molecule has 0 unspecified atom stereocenters. The Morgan fingerprint density at radius 1 is 1.15 bits per heavy atom. The molecule has 1 aliphatic carbocycles. The van der Waals surface area contributed by atoms with Gasteiger partial charge in [0, 0.05) is 43.3 Å². The van der Waals surface area contributed by atoms with Crippen LogP contribution in [0.5, 0.6) is 5.88 Å². The molecule has 8 heteroatoms. The van der Waals surface area contributed by atoms with Crippen molar-refractivity contribution < 1.29 is 19.1 Å². The van der Waals surface area contributed by atoms with E-state index in [0.717, 1.165) is 36.9 Å². The Balaban J connectivity index is 1.38. The predicted octanol–water partition coefficient (Wildman–Crippen LogP) is 3.73. The zero-order valence-corrected chi connectivity index (χ0v) is 20.2. The lowest BCUT2D eigenvalue weighted by Crippen LogP contribution is -2.36. The molecular formula is C26H34N4O4. The highest BCUT2D eigenvalue weighted by Gasteiger charge is 2.35. The van der Waals surface area contributed by atoms with Crippen LogP contribution in [0.3, 0.4) is 0 Å². The Bertz CT molecular complexity index is 995. The summed E-state index contributed by atoms with van der Waals surface area (Å²) in [6.45, 7) is 3.96. The maximum absolute atomic E-state index is 13.3. The number of ether oxygens (including phenoxy) is 2. The molecule has 1 fully saturated rings. The molecule has 0 aromatic carbocycles. The van der Waals surface area contributed by atoms with Gasteiger partial charge in [0.2, 0.25) is 5.88 Å². The SMILES string of the molecule is CCOC(=O)C[C@@H](c1ccc(OC)nc1)N1CCN(CCCc2ccc3c(n2)CCCC3)C1=O. The van der Waals surface area contributed by atoms with E-state index in [4.69, 9.17) is 14.5 Å². The van der Waals surface area contributed by atoms with Crippen molar-refractivity contribution in [3.8, 4) is 5.88 Å². The zero-order chi connectivity index (χ0) is 23.9. The molecule has 0 spiro atoms. The quantitative estimate of drug-likeness (QED) is 0.496. The topological polar surface area (TPSA) is 84.9 Å². The second-order valence-corrected chi connectivity index (χ2v) is 8.84. The summed E-state index contributed by atoms with van der Waals surface area (Å²) in [6.07, 6.45) is 8.16. The maximum atomic E-state index is 13.3. The summed E-state index contributed by atoms with van der Waals surface area (Å²) >= 11 is 0. The largest absolute Gasteiger partial charge is 0.481 e. The smallest absolute Gasteiger partial charge is 0.320 e. The van der Waals surface area contributed by atoms with Crippen LogP contribution in [-0.4, -0.2) is 65.1 Å². The summed E-state index contributed by atoms with van der Waals surface area (Å²) in [5.41, 5.74) is 4.54. The third kappa shape index (κ3) is 5.66. The summed E-state index contributed by atoms with van der Waals surface area (Å²) in [4.78, 5) is 38.3. The summed E-state index contributed by atoms with van der Waals surface area (Å²) in [5, 5.41) is 0. The van der Waals surface area contributed by atoms with Crippen molar-refractivity contribution in [2.24, 2.45) is 0 Å². The first-order chi connectivity index (χ1) is 16.6. The number of urea groups is 1. The van der Waals surface area contributed by atoms with Gasteiger partial charge in [-0.25, -0.2) is 9.78 Å². The van der Waals surface area contributed by atoms with Gasteiger partial charge in [-0.2, -0.15) is 0 Å². The van der Waals surface area contributed by atoms with Gasteiger partial charge in [-0.05, 0) is 62.6 Å². The highest BCUT2D eigenvalue weighted by molar-refractivity contribution is 5.78. The number of pyridine rings is 2. The van der Waals surface area contributed by atoms with Crippen LogP contribution in [0, 0.1) is 0 Å². The lowest BCUT2D eigenvalue weighted by atomic mass is 9.95. The molecule has 2 amide bonds. The van der Waals surface area contributed by atoms with Crippen molar-refractivity contribution in [3.05, 3.63) is 53.0 Å². The van der Waals surface area contributed by atoms with Crippen molar-refractivity contribution in [2.45, 2.75) is 57.9 Å². The molecule has 2 aromatic rings. The van der Waals surface area contributed by atoms with E-state index in [-0.39, 0.29) is 18.4 Å². The van der Waals surface area contributed by atoms with Gasteiger partial charge in [-0.3, -0.25) is 9.78 Å². The van der Waals surface area contributed by atoms with Crippen LogP contribution < -0.4 is 4.74 Å². The maximum Gasteiger partial charge on any atom is 0.320 e. The van der Waals surface area contributed by atoms with Crippen molar-refractivity contribution >= 4 is 12.0 Å². The Morgan fingerprint density at radius 2 is 2.00 bits per heavy atom. The molecule has 1 atom stereocenters. The third-order valence-electron chi connectivity index (χ3n) is 6.62. The van der Waals surface area contributed by atoms with E-state index in [1.165, 1.54) is 24.1 Å². The molecule has 1 saturated heterocycles. The fourth-order valence-corrected chi connectivity index (χ4v) is 4.81. The number of amides is 2. The molecule has 0 bridgehead atoms. The molecule has 182 valence electrons. The van der Waals surface area contributed by atoms with Gasteiger partial charge in [0.1, 0.15) is 0 Å². The molecule has 0 radical (unpaired) electrons. The second kappa shape index (κ2) is 11.3. The lowest BCUT2D eigenvalue weighted by Gasteiger charge is -2.27. The summed E-state index contributed by atoms with van der Waals surface area (Å²) < 4.78 is 10.3. The fourth-order valence-electron chi connectivity index (χ4n) is 4.81. The molecule has 2 aromatic heterocycles. The van der Waals surface area contributed by atoms with Crippen molar-refractivity contribution in [1.29, 1.82) is 0 Å². The van der Waals surface area contributed by atoms with Crippen molar-refractivity contribution in [2.75, 3.05) is 33.4 Å². The van der Waals surface area contributed by atoms with E-state index in [1.807, 2.05) is 11.0 Å². The second-order valence-electron chi connectivity index (χ2n) is 8.84. The fraction of sp³-hybridized carbons (Fsp3) is 0.538. The molecule has 2 aliphatic rings. The first-order valence-electron chi connectivity index (χ1n) is 12.3.